The predicted molar refractivity (Wildman–Crippen MR) is 284 cm³/mol. The Bertz CT molecular complexity index is 1320. The van der Waals surface area contributed by atoms with Crippen molar-refractivity contribution in [2.45, 2.75) is 251 Å². The van der Waals surface area contributed by atoms with E-state index < -0.39 is 26.5 Å². The maximum absolute atomic E-state index is 12.7. The summed E-state index contributed by atoms with van der Waals surface area (Å²) >= 11 is 0. The zero-order valence-electron chi connectivity index (χ0n) is 43.1. The Balaban J connectivity index is 4.03. The van der Waals surface area contributed by atoms with Gasteiger partial charge in [0.05, 0.1) is 13.2 Å². The molecule has 0 rings (SSSR count). The molecule has 0 heterocycles. The number of rotatable bonds is 51. The molecule has 388 valence electrons. The lowest BCUT2D eigenvalue weighted by molar-refractivity contribution is -0.161. The standard InChI is InChI=1S/C57H102NO8P/c1-3-5-7-9-11-13-15-17-19-21-23-25-26-27-28-30-31-33-35-37-39-41-43-45-47-49-56(59)63-53-55(54-65-67(61,62)64-52-51-58)66-57(60)50-48-46-44-42-40-38-36-34-32-29-24-22-20-18-16-14-12-10-8-6-4-2/h6,8,12,14,18,20-21,23-24,29,34,36,55H,3-5,7,9-11,13,15-17,19,22,25-28,30-33,35,37-54,58H2,1-2H3,(H,61,62)/b8-6-,14-12-,20-18-,23-21-,29-24-,36-34-. The Morgan fingerprint density at radius 3 is 1.24 bits per heavy atom. The van der Waals surface area contributed by atoms with Crippen LogP contribution in [0.5, 0.6) is 0 Å². The Morgan fingerprint density at radius 2 is 0.821 bits per heavy atom. The highest BCUT2D eigenvalue weighted by molar-refractivity contribution is 7.47. The van der Waals surface area contributed by atoms with Crippen molar-refractivity contribution in [3.63, 3.8) is 0 Å². The molecule has 0 fully saturated rings. The third kappa shape index (κ3) is 52.7. The minimum Gasteiger partial charge on any atom is -0.462 e. The van der Waals surface area contributed by atoms with E-state index >= 15 is 0 Å². The fraction of sp³-hybridized carbons (Fsp3) is 0.754. The summed E-state index contributed by atoms with van der Waals surface area (Å²) in [5.41, 5.74) is 5.37. The molecule has 0 saturated heterocycles. The van der Waals surface area contributed by atoms with Gasteiger partial charge >= 0.3 is 19.8 Å². The Hall–Kier alpha value is -2.55. The molecule has 0 spiro atoms. The topological polar surface area (TPSA) is 134 Å². The number of esters is 2. The van der Waals surface area contributed by atoms with Gasteiger partial charge in [-0.15, -0.1) is 0 Å². The van der Waals surface area contributed by atoms with Crippen LogP contribution in [0.4, 0.5) is 0 Å². The average Bonchev–Trinajstić information content (AvgIpc) is 3.32. The maximum atomic E-state index is 12.7. The second-order valence-corrected chi connectivity index (χ2v) is 19.5. The van der Waals surface area contributed by atoms with Crippen LogP contribution in [0.1, 0.15) is 245 Å². The van der Waals surface area contributed by atoms with Gasteiger partial charge in [-0.1, -0.05) is 222 Å². The van der Waals surface area contributed by atoms with Gasteiger partial charge in [0.25, 0.3) is 0 Å². The van der Waals surface area contributed by atoms with Gasteiger partial charge in [0.15, 0.2) is 6.10 Å². The molecule has 0 radical (unpaired) electrons. The molecule has 10 heteroatoms. The number of carbonyl (C=O) groups is 2. The summed E-state index contributed by atoms with van der Waals surface area (Å²) < 4.78 is 33.0. The molecule has 0 aliphatic heterocycles. The first-order valence-electron chi connectivity index (χ1n) is 27.4. The first-order chi connectivity index (χ1) is 32.8. The van der Waals surface area contributed by atoms with E-state index in [0.29, 0.717) is 6.42 Å². The van der Waals surface area contributed by atoms with Crippen molar-refractivity contribution in [1.82, 2.24) is 0 Å². The van der Waals surface area contributed by atoms with E-state index in [9.17, 15) is 19.0 Å². The van der Waals surface area contributed by atoms with Gasteiger partial charge in [0.1, 0.15) is 6.61 Å². The molecular weight excluding hydrogens is 858 g/mol. The zero-order valence-corrected chi connectivity index (χ0v) is 44.0. The highest BCUT2D eigenvalue weighted by atomic mass is 31.2. The van der Waals surface area contributed by atoms with Gasteiger partial charge in [-0.3, -0.25) is 18.6 Å². The minimum atomic E-state index is -4.39. The van der Waals surface area contributed by atoms with Gasteiger partial charge < -0.3 is 20.1 Å². The first-order valence-corrected chi connectivity index (χ1v) is 28.9. The molecule has 0 aliphatic carbocycles. The molecule has 0 aromatic rings. The SMILES string of the molecule is CC/C=C\C/C=C\C/C=C\C/C=C\C/C=C\CCCCCCCC(=O)OC(COC(=O)CCCCCCCCCCCCCCC/C=C\CCCCCCCCCC)COP(=O)(O)OCCN. The molecular formula is C57H102NO8P. The van der Waals surface area contributed by atoms with Gasteiger partial charge in [0, 0.05) is 19.4 Å². The van der Waals surface area contributed by atoms with Crippen LogP contribution < -0.4 is 5.73 Å². The quantitative estimate of drug-likeness (QED) is 0.0264. The number of phosphoric acid groups is 1. The number of phosphoric ester groups is 1. The van der Waals surface area contributed by atoms with Gasteiger partial charge in [0.2, 0.25) is 0 Å². The third-order valence-corrected chi connectivity index (χ3v) is 12.6. The first kappa shape index (κ1) is 64.5. The van der Waals surface area contributed by atoms with Crippen molar-refractivity contribution in [1.29, 1.82) is 0 Å². The van der Waals surface area contributed by atoms with E-state index in [-0.39, 0.29) is 38.6 Å². The van der Waals surface area contributed by atoms with Crippen molar-refractivity contribution >= 4 is 19.8 Å². The van der Waals surface area contributed by atoms with Crippen LogP contribution in [0.25, 0.3) is 0 Å². The molecule has 3 N–H and O–H groups in total. The maximum Gasteiger partial charge on any atom is 0.472 e. The van der Waals surface area contributed by atoms with Crippen molar-refractivity contribution in [3.05, 3.63) is 72.9 Å². The molecule has 2 unspecified atom stereocenters. The Morgan fingerprint density at radius 1 is 0.463 bits per heavy atom. The number of unbranched alkanes of at least 4 members (excludes halogenated alkanes) is 26. The second-order valence-electron chi connectivity index (χ2n) is 18.1. The Labute approximate surface area is 411 Å². The monoisotopic (exact) mass is 960 g/mol. The summed E-state index contributed by atoms with van der Waals surface area (Å²) in [6, 6.07) is 0. The van der Waals surface area contributed by atoms with Crippen LogP contribution in [0, 0.1) is 0 Å². The van der Waals surface area contributed by atoms with E-state index in [1.54, 1.807) is 0 Å². The molecule has 0 aromatic heterocycles. The fourth-order valence-corrected chi connectivity index (χ4v) is 8.31. The summed E-state index contributed by atoms with van der Waals surface area (Å²) in [6.07, 6.45) is 66.6. The number of hydrogen-bond acceptors (Lipinski definition) is 8. The van der Waals surface area contributed by atoms with E-state index in [2.05, 4.69) is 86.8 Å². The predicted octanol–water partition coefficient (Wildman–Crippen LogP) is 17.0. The van der Waals surface area contributed by atoms with Crippen LogP contribution in [-0.4, -0.2) is 49.3 Å². The highest BCUT2D eigenvalue weighted by Crippen LogP contribution is 2.43. The lowest BCUT2D eigenvalue weighted by Crippen LogP contribution is -2.29. The Kier molecular flexibility index (Phi) is 50.8. The summed E-state index contributed by atoms with van der Waals surface area (Å²) in [5, 5.41) is 0. The van der Waals surface area contributed by atoms with Crippen LogP contribution in [0.15, 0.2) is 72.9 Å². The van der Waals surface area contributed by atoms with Crippen molar-refractivity contribution < 1.29 is 37.6 Å². The molecule has 0 aromatic carbocycles. The average molecular weight is 960 g/mol. The summed E-state index contributed by atoms with van der Waals surface area (Å²) in [4.78, 5) is 35.1. The van der Waals surface area contributed by atoms with Gasteiger partial charge in [-0.05, 0) is 83.5 Å². The van der Waals surface area contributed by atoms with Crippen molar-refractivity contribution in [3.8, 4) is 0 Å². The van der Waals surface area contributed by atoms with Gasteiger partial charge in [-0.2, -0.15) is 0 Å². The summed E-state index contributed by atoms with van der Waals surface area (Å²) in [6.45, 7) is 3.62. The van der Waals surface area contributed by atoms with Crippen molar-refractivity contribution in [2.75, 3.05) is 26.4 Å². The normalized spacial score (nSPS) is 13.7. The largest absolute Gasteiger partial charge is 0.472 e. The molecule has 0 amide bonds. The van der Waals surface area contributed by atoms with Crippen LogP contribution in [-0.2, 0) is 32.7 Å². The third-order valence-electron chi connectivity index (χ3n) is 11.6. The summed E-state index contributed by atoms with van der Waals surface area (Å²) in [7, 11) is -4.39. The summed E-state index contributed by atoms with van der Waals surface area (Å²) in [5.74, 6) is -0.847. The number of ether oxygens (including phenoxy) is 2. The van der Waals surface area contributed by atoms with Crippen molar-refractivity contribution in [2.24, 2.45) is 5.73 Å². The van der Waals surface area contributed by atoms with E-state index in [0.717, 1.165) is 83.5 Å². The minimum absolute atomic E-state index is 0.0471. The molecule has 9 nitrogen and oxygen atoms in total. The van der Waals surface area contributed by atoms with E-state index in [1.165, 1.54) is 128 Å². The number of carbonyl (C=O) groups excluding carboxylic acids is 2. The highest BCUT2D eigenvalue weighted by Gasteiger charge is 2.26. The van der Waals surface area contributed by atoms with E-state index in [4.69, 9.17) is 24.3 Å². The molecule has 0 saturated carbocycles. The van der Waals surface area contributed by atoms with Crippen LogP contribution in [0.2, 0.25) is 0 Å². The van der Waals surface area contributed by atoms with Crippen LogP contribution in [0.3, 0.4) is 0 Å². The van der Waals surface area contributed by atoms with Gasteiger partial charge in [-0.25, -0.2) is 4.57 Å². The number of allylic oxidation sites excluding steroid dienone is 12. The van der Waals surface area contributed by atoms with E-state index in [1.807, 2.05) is 0 Å². The lowest BCUT2D eigenvalue weighted by atomic mass is 10.0. The zero-order chi connectivity index (χ0) is 48.8. The number of hydrogen-bond donors (Lipinski definition) is 2. The smallest absolute Gasteiger partial charge is 0.462 e. The molecule has 0 aliphatic rings. The molecule has 0 bridgehead atoms. The second kappa shape index (κ2) is 52.8. The fourth-order valence-electron chi connectivity index (χ4n) is 7.54. The lowest BCUT2D eigenvalue weighted by Gasteiger charge is -2.19. The molecule has 67 heavy (non-hydrogen) atoms. The van der Waals surface area contributed by atoms with Crippen LogP contribution >= 0.6 is 7.82 Å². The molecule has 2 atom stereocenters. The number of nitrogens with two attached hydrogens (primary N) is 1.